The molecular weight excluding hydrogens is 290 g/mol. The fraction of sp³-hybridized carbons (Fsp3) is 0.389. The molecule has 0 aliphatic carbocycles. The van der Waals surface area contributed by atoms with Crippen molar-refractivity contribution in [3.05, 3.63) is 52.8 Å². The van der Waals surface area contributed by atoms with Crippen LogP contribution in [0.1, 0.15) is 20.3 Å². The first-order valence-corrected chi connectivity index (χ1v) is 7.85. The van der Waals surface area contributed by atoms with Gasteiger partial charge in [0, 0.05) is 25.2 Å². The molecule has 0 aliphatic heterocycles. The summed E-state index contributed by atoms with van der Waals surface area (Å²) in [4.78, 5) is 25.9. The van der Waals surface area contributed by atoms with Crippen LogP contribution in [0.2, 0.25) is 0 Å². The lowest BCUT2D eigenvalue weighted by Crippen LogP contribution is -2.35. The topological polar surface area (TPSA) is 55.2 Å². The Kier molecular flexibility index (Phi) is 5.68. The van der Waals surface area contributed by atoms with Crippen molar-refractivity contribution in [2.45, 2.75) is 26.8 Å². The lowest BCUT2D eigenvalue weighted by Gasteiger charge is -2.18. The van der Waals surface area contributed by atoms with E-state index in [0.29, 0.717) is 18.2 Å². The van der Waals surface area contributed by atoms with Crippen LogP contribution in [-0.2, 0) is 11.3 Å². The molecule has 5 nitrogen and oxygen atoms in total. The highest BCUT2D eigenvalue weighted by atomic mass is 16.2. The van der Waals surface area contributed by atoms with E-state index < -0.39 is 0 Å². The zero-order valence-corrected chi connectivity index (χ0v) is 13.9. The Bertz CT molecular complexity index is 708. The number of hydrogen-bond acceptors (Lipinski definition) is 3. The van der Waals surface area contributed by atoms with Crippen LogP contribution in [-0.4, -0.2) is 34.2 Å². The summed E-state index contributed by atoms with van der Waals surface area (Å²) in [6, 6.07) is 12.7. The van der Waals surface area contributed by atoms with Crippen molar-refractivity contribution in [1.29, 1.82) is 0 Å². The summed E-state index contributed by atoms with van der Waals surface area (Å²) >= 11 is 0. The largest absolute Gasteiger partial charge is 0.344 e. The molecule has 1 aromatic carbocycles. The smallest absolute Gasteiger partial charge is 0.267 e. The molecule has 122 valence electrons. The number of aromatic nitrogens is 2. The number of carbonyl (C=O) groups is 1. The summed E-state index contributed by atoms with van der Waals surface area (Å²) in [5.74, 6) is 0.429. The molecule has 0 spiro atoms. The fourth-order valence-electron chi connectivity index (χ4n) is 2.15. The van der Waals surface area contributed by atoms with Gasteiger partial charge in [-0.25, -0.2) is 4.68 Å². The van der Waals surface area contributed by atoms with Crippen LogP contribution in [0.5, 0.6) is 0 Å². The van der Waals surface area contributed by atoms with E-state index in [2.05, 4.69) is 18.9 Å². The second kappa shape index (κ2) is 7.72. The second-order valence-electron chi connectivity index (χ2n) is 6.08. The SMILES string of the molecule is CC(C)CCN(C)C(=O)Cn1nc(-c2ccccc2)ccc1=O. The number of nitrogens with zero attached hydrogens (tertiary/aromatic N) is 3. The van der Waals surface area contributed by atoms with Crippen LogP contribution in [0.4, 0.5) is 0 Å². The maximum atomic E-state index is 12.3. The molecule has 0 aliphatic rings. The summed E-state index contributed by atoms with van der Waals surface area (Å²) in [6.45, 7) is 4.89. The normalized spacial score (nSPS) is 10.8. The fourth-order valence-corrected chi connectivity index (χ4v) is 2.15. The zero-order chi connectivity index (χ0) is 16.8. The molecule has 5 heteroatoms. The molecular formula is C18H23N3O2. The standard InChI is InChI=1S/C18H23N3O2/c1-14(2)11-12-20(3)18(23)13-21-17(22)10-9-16(19-21)15-7-5-4-6-8-15/h4-10,14H,11-13H2,1-3H3. The van der Waals surface area contributed by atoms with Gasteiger partial charge in [0.25, 0.3) is 5.56 Å². The van der Waals surface area contributed by atoms with Gasteiger partial charge in [-0.05, 0) is 18.4 Å². The van der Waals surface area contributed by atoms with Gasteiger partial charge in [0.2, 0.25) is 5.91 Å². The number of benzene rings is 1. The first-order chi connectivity index (χ1) is 11.0. The summed E-state index contributed by atoms with van der Waals surface area (Å²) < 4.78 is 1.23. The van der Waals surface area contributed by atoms with Crippen molar-refractivity contribution in [2.75, 3.05) is 13.6 Å². The van der Waals surface area contributed by atoms with Crippen molar-refractivity contribution in [1.82, 2.24) is 14.7 Å². The summed E-state index contributed by atoms with van der Waals surface area (Å²) in [7, 11) is 1.76. The van der Waals surface area contributed by atoms with Crippen LogP contribution < -0.4 is 5.56 Å². The van der Waals surface area contributed by atoms with E-state index in [1.54, 1.807) is 18.0 Å². The van der Waals surface area contributed by atoms with E-state index in [-0.39, 0.29) is 18.0 Å². The predicted molar refractivity (Wildman–Crippen MR) is 91.0 cm³/mol. The van der Waals surface area contributed by atoms with Gasteiger partial charge in [-0.2, -0.15) is 5.10 Å². The van der Waals surface area contributed by atoms with Gasteiger partial charge in [0.05, 0.1) is 5.69 Å². The van der Waals surface area contributed by atoms with Gasteiger partial charge < -0.3 is 4.90 Å². The van der Waals surface area contributed by atoms with Gasteiger partial charge in [-0.15, -0.1) is 0 Å². The van der Waals surface area contributed by atoms with E-state index in [0.717, 1.165) is 12.0 Å². The van der Waals surface area contributed by atoms with Gasteiger partial charge in [0.15, 0.2) is 0 Å². The first kappa shape index (κ1) is 16.9. The average molecular weight is 313 g/mol. The second-order valence-corrected chi connectivity index (χ2v) is 6.08. The molecule has 0 saturated carbocycles. The van der Waals surface area contributed by atoms with Gasteiger partial charge in [-0.1, -0.05) is 44.2 Å². The van der Waals surface area contributed by atoms with E-state index in [1.807, 2.05) is 30.3 Å². The number of amides is 1. The summed E-state index contributed by atoms with van der Waals surface area (Å²) in [6.07, 6.45) is 0.939. The molecule has 0 fully saturated rings. The number of rotatable bonds is 6. The lowest BCUT2D eigenvalue weighted by molar-refractivity contribution is -0.130. The Morgan fingerprint density at radius 2 is 1.87 bits per heavy atom. The van der Waals surface area contributed by atoms with Crippen molar-refractivity contribution in [2.24, 2.45) is 5.92 Å². The molecule has 2 aromatic rings. The minimum Gasteiger partial charge on any atom is -0.344 e. The van der Waals surface area contributed by atoms with E-state index in [1.165, 1.54) is 10.7 Å². The quantitative estimate of drug-likeness (QED) is 0.823. The summed E-state index contributed by atoms with van der Waals surface area (Å²) in [5.41, 5.74) is 1.33. The van der Waals surface area contributed by atoms with Gasteiger partial charge in [0.1, 0.15) is 6.54 Å². The third kappa shape index (κ3) is 4.77. The van der Waals surface area contributed by atoms with E-state index in [4.69, 9.17) is 0 Å². The molecule has 23 heavy (non-hydrogen) atoms. The van der Waals surface area contributed by atoms with Crippen molar-refractivity contribution in [3.63, 3.8) is 0 Å². The van der Waals surface area contributed by atoms with Crippen LogP contribution in [0.15, 0.2) is 47.3 Å². The number of likely N-dealkylation sites (N-methyl/N-ethyl adjacent to an activating group) is 1. The van der Waals surface area contributed by atoms with E-state index >= 15 is 0 Å². The van der Waals surface area contributed by atoms with Crippen LogP contribution in [0.25, 0.3) is 11.3 Å². The van der Waals surface area contributed by atoms with Crippen molar-refractivity contribution >= 4 is 5.91 Å². The molecule has 0 N–H and O–H groups in total. The molecule has 0 saturated heterocycles. The highest BCUT2D eigenvalue weighted by Crippen LogP contribution is 2.14. The molecule has 0 radical (unpaired) electrons. The van der Waals surface area contributed by atoms with Gasteiger partial charge in [-0.3, -0.25) is 9.59 Å². The van der Waals surface area contributed by atoms with Crippen molar-refractivity contribution in [3.8, 4) is 11.3 Å². The Hall–Kier alpha value is -2.43. The number of hydrogen-bond donors (Lipinski definition) is 0. The Balaban J connectivity index is 2.13. The average Bonchev–Trinajstić information content (AvgIpc) is 2.55. The molecule has 1 aromatic heterocycles. The Morgan fingerprint density at radius 1 is 1.17 bits per heavy atom. The highest BCUT2D eigenvalue weighted by molar-refractivity contribution is 5.75. The lowest BCUT2D eigenvalue weighted by atomic mass is 10.1. The zero-order valence-electron chi connectivity index (χ0n) is 13.9. The van der Waals surface area contributed by atoms with Gasteiger partial charge >= 0.3 is 0 Å². The Labute approximate surface area is 136 Å². The third-order valence-corrected chi connectivity index (χ3v) is 3.69. The molecule has 0 atom stereocenters. The van der Waals surface area contributed by atoms with Crippen molar-refractivity contribution < 1.29 is 4.79 Å². The van der Waals surface area contributed by atoms with Crippen LogP contribution >= 0.6 is 0 Å². The maximum Gasteiger partial charge on any atom is 0.267 e. The molecule has 2 rings (SSSR count). The monoisotopic (exact) mass is 313 g/mol. The van der Waals surface area contributed by atoms with Crippen LogP contribution in [0.3, 0.4) is 0 Å². The first-order valence-electron chi connectivity index (χ1n) is 7.85. The molecule has 0 unspecified atom stereocenters. The molecule has 1 amide bonds. The Morgan fingerprint density at radius 3 is 2.52 bits per heavy atom. The minimum absolute atomic E-state index is 0.0336. The summed E-state index contributed by atoms with van der Waals surface area (Å²) in [5, 5.41) is 4.32. The molecule has 1 heterocycles. The third-order valence-electron chi connectivity index (χ3n) is 3.69. The maximum absolute atomic E-state index is 12.3. The predicted octanol–water partition coefficient (Wildman–Crippen LogP) is 2.41. The van der Waals surface area contributed by atoms with Crippen LogP contribution in [0, 0.1) is 5.92 Å². The highest BCUT2D eigenvalue weighted by Gasteiger charge is 2.12. The minimum atomic E-state index is -0.268. The van der Waals surface area contributed by atoms with E-state index in [9.17, 15) is 9.59 Å². The molecule has 0 bridgehead atoms. The number of carbonyl (C=O) groups excluding carboxylic acids is 1.